The van der Waals surface area contributed by atoms with Crippen LogP contribution in [0.2, 0.25) is 0 Å². The van der Waals surface area contributed by atoms with E-state index in [0.717, 1.165) is 12.8 Å². The number of ether oxygens (including phenoxy) is 1. The van der Waals surface area contributed by atoms with E-state index in [-0.39, 0.29) is 12.1 Å². The Labute approximate surface area is 173 Å². The number of sulfonamides is 1. The van der Waals surface area contributed by atoms with Crippen LogP contribution in [0.25, 0.3) is 10.9 Å². The van der Waals surface area contributed by atoms with Gasteiger partial charge in [-0.3, -0.25) is 0 Å². The molecule has 1 aromatic heterocycles. The lowest BCUT2D eigenvalue weighted by Crippen LogP contribution is -2.40. The molecular formula is C23H28N2O3S. The van der Waals surface area contributed by atoms with Crippen LogP contribution >= 0.6 is 0 Å². The third-order valence-electron chi connectivity index (χ3n) is 5.53. The van der Waals surface area contributed by atoms with Crippen molar-refractivity contribution >= 4 is 20.9 Å². The maximum Gasteiger partial charge on any atom is 0.243 e. The summed E-state index contributed by atoms with van der Waals surface area (Å²) in [4.78, 5) is 0.322. The standard InChI is InChI=1S/C23H28N2O3S/c1-17(2)28-20-10-12-21(13-11-20)29(26,27)24-14-6-7-19(16-24)25-15-18(3)22-8-4-5-9-23(22)25/h4-5,8-13,15,17,19H,6-7,14,16H2,1-3H3. The minimum absolute atomic E-state index is 0.0557. The van der Waals surface area contributed by atoms with Crippen molar-refractivity contribution in [1.82, 2.24) is 8.87 Å². The lowest BCUT2D eigenvalue weighted by atomic mass is 10.1. The highest BCUT2D eigenvalue weighted by Crippen LogP contribution is 2.31. The average Bonchev–Trinajstić information content (AvgIpc) is 3.05. The van der Waals surface area contributed by atoms with E-state index in [2.05, 4.69) is 29.8 Å². The number of aromatic nitrogens is 1. The number of hydrogen-bond acceptors (Lipinski definition) is 3. The first-order valence-corrected chi connectivity index (χ1v) is 11.6. The lowest BCUT2D eigenvalue weighted by molar-refractivity contribution is 0.242. The van der Waals surface area contributed by atoms with Gasteiger partial charge in [0, 0.05) is 36.2 Å². The summed E-state index contributed by atoms with van der Waals surface area (Å²) in [6.07, 6.45) is 4.04. The summed E-state index contributed by atoms with van der Waals surface area (Å²) in [6.45, 7) is 7.05. The van der Waals surface area contributed by atoms with Gasteiger partial charge in [0.05, 0.1) is 11.0 Å². The Kier molecular flexibility index (Phi) is 5.40. The summed E-state index contributed by atoms with van der Waals surface area (Å²) in [5, 5.41) is 1.23. The second-order valence-corrected chi connectivity index (χ2v) is 9.97. The smallest absolute Gasteiger partial charge is 0.243 e. The molecule has 29 heavy (non-hydrogen) atoms. The molecule has 4 rings (SSSR count). The topological polar surface area (TPSA) is 51.5 Å². The molecule has 0 amide bonds. The van der Waals surface area contributed by atoms with E-state index >= 15 is 0 Å². The van der Waals surface area contributed by atoms with Crippen LogP contribution in [-0.4, -0.2) is 36.5 Å². The number of hydrogen-bond donors (Lipinski definition) is 0. The summed E-state index contributed by atoms with van der Waals surface area (Å²) < 4.78 is 36.0. The molecule has 1 saturated heterocycles. The number of aryl methyl sites for hydroxylation is 1. The largest absolute Gasteiger partial charge is 0.491 e. The van der Waals surface area contributed by atoms with E-state index in [1.807, 2.05) is 26.0 Å². The first-order valence-electron chi connectivity index (χ1n) is 10.2. The predicted molar refractivity (Wildman–Crippen MR) is 116 cm³/mol. The number of nitrogens with zero attached hydrogens (tertiary/aromatic N) is 2. The number of benzene rings is 2. The highest BCUT2D eigenvalue weighted by molar-refractivity contribution is 7.89. The average molecular weight is 413 g/mol. The van der Waals surface area contributed by atoms with Crippen molar-refractivity contribution in [1.29, 1.82) is 0 Å². The molecule has 2 heterocycles. The fraction of sp³-hybridized carbons (Fsp3) is 0.391. The van der Waals surface area contributed by atoms with Gasteiger partial charge < -0.3 is 9.30 Å². The zero-order valence-corrected chi connectivity index (χ0v) is 18.0. The Bertz CT molecular complexity index is 1100. The molecule has 1 fully saturated rings. The Balaban J connectivity index is 1.59. The first kappa shape index (κ1) is 20.0. The van der Waals surface area contributed by atoms with Crippen LogP contribution in [-0.2, 0) is 10.0 Å². The van der Waals surface area contributed by atoms with Crippen molar-refractivity contribution in [3.63, 3.8) is 0 Å². The molecule has 0 radical (unpaired) electrons. The van der Waals surface area contributed by atoms with E-state index in [1.54, 1.807) is 28.6 Å². The lowest BCUT2D eigenvalue weighted by Gasteiger charge is -2.33. The zero-order chi connectivity index (χ0) is 20.6. The van der Waals surface area contributed by atoms with Gasteiger partial charge in [-0.2, -0.15) is 4.31 Å². The van der Waals surface area contributed by atoms with E-state index < -0.39 is 10.0 Å². The van der Waals surface area contributed by atoms with Crippen molar-refractivity contribution in [3.05, 3.63) is 60.3 Å². The molecular weight excluding hydrogens is 384 g/mol. The van der Waals surface area contributed by atoms with Crippen LogP contribution in [0.15, 0.2) is 59.6 Å². The van der Waals surface area contributed by atoms with Crippen LogP contribution < -0.4 is 4.74 Å². The second kappa shape index (κ2) is 7.84. The highest BCUT2D eigenvalue weighted by atomic mass is 32.2. The summed E-state index contributed by atoms with van der Waals surface area (Å²) in [5.41, 5.74) is 2.39. The fourth-order valence-corrected chi connectivity index (χ4v) is 5.68. The minimum Gasteiger partial charge on any atom is -0.491 e. The van der Waals surface area contributed by atoms with Crippen LogP contribution in [0, 0.1) is 6.92 Å². The molecule has 1 aliphatic heterocycles. The number of rotatable bonds is 5. The van der Waals surface area contributed by atoms with E-state index in [1.165, 1.54) is 16.5 Å². The molecule has 3 aromatic rings. The molecule has 154 valence electrons. The molecule has 1 unspecified atom stereocenters. The quantitative estimate of drug-likeness (QED) is 0.607. The van der Waals surface area contributed by atoms with E-state index in [4.69, 9.17) is 4.74 Å². The molecule has 2 aromatic carbocycles. The molecule has 0 aliphatic carbocycles. The van der Waals surface area contributed by atoms with Crippen molar-refractivity contribution in [3.8, 4) is 5.75 Å². The monoisotopic (exact) mass is 412 g/mol. The van der Waals surface area contributed by atoms with Crippen molar-refractivity contribution in [2.75, 3.05) is 13.1 Å². The zero-order valence-electron chi connectivity index (χ0n) is 17.2. The number of para-hydroxylation sites is 1. The SMILES string of the molecule is Cc1cn(C2CCCN(S(=O)(=O)c3ccc(OC(C)C)cc3)C2)c2ccccc12. The molecule has 5 nitrogen and oxygen atoms in total. The summed E-state index contributed by atoms with van der Waals surface area (Å²) in [7, 11) is -3.53. The van der Waals surface area contributed by atoms with Gasteiger partial charge in [0.2, 0.25) is 10.0 Å². The van der Waals surface area contributed by atoms with Gasteiger partial charge in [0.25, 0.3) is 0 Å². The predicted octanol–water partition coefficient (Wildman–Crippen LogP) is 4.76. The Hall–Kier alpha value is -2.31. The maximum absolute atomic E-state index is 13.2. The molecule has 6 heteroatoms. The molecule has 0 spiro atoms. The second-order valence-electron chi connectivity index (χ2n) is 8.03. The number of piperidine rings is 1. The first-order chi connectivity index (χ1) is 13.9. The van der Waals surface area contributed by atoms with Crippen molar-refractivity contribution in [2.24, 2.45) is 0 Å². The molecule has 0 N–H and O–H groups in total. The van der Waals surface area contributed by atoms with Crippen LogP contribution in [0.5, 0.6) is 5.75 Å². The fourth-order valence-electron chi connectivity index (χ4n) is 4.16. The van der Waals surface area contributed by atoms with Gasteiger partial charge in [0.15, 0.2) is 0 Å². The van der Waals surface area contributed by atoms with Crippen LogP contribution in [0.4, 0.5) is 0 Å². The molecule has 0 saturated carbocycles. The van der Waals surface area contributed by atoms with Gasteiger partial charge in [0.1, 0.15) is 5.75 Å². The van der Waals surface area contributed by atoms with Gasteiger partial charge >= 0.3 is 0 Å². The van der Waals surface area contributed by atoms with Gasteiger partial charge in [-0.25, -0.2) is 8.42 Å². The Morgan fingerprint density at radius 1 is 1.07 bits per heavy atom. The number of fused-ring (bicyclic) bond motifs is 1. The third-order valence-corrected chi connectivity index (χ3v) is 7.41. The molecule has 0 bridgehead atoms. The van der Waals surface area contributed by atoms with Crippen LogP contribution in [0.1, 0.15) is 38.3 Å². The Morgan fingerprint density at radius 3 is 2.52 bits per heavy atom. The van der Waals surface area contributed by atoms with Gasteiger partial charge in [-0.15, -0.1) is 0 Å². The van der Waals surface area contributed by atoms with Crippen molar-refractivity contribution < 1.29 is 13.2 Å². The maximum atomic E-state index is 13.2. The summed E-state index contributed by atoms with van der Waals surface area (Å²) >= 11 is 0. The van der Waals surface area contributed by atoms with Gasteiger partial charge in [-0.05, 0) is 69.5 Å². The normalized spacial score (nSPS) is 18.4. The van der Waals surface area contributed by atoms with E-state index in [9.17, 15) is 8.42 Å². The molecule has 1 aliphatic rings. The minimum atomic E-state index is -3.53. The van der Waals surface area contributed by atoms with Crippen LogP contribution in [0.3, 0.4) is 0 Å². The van der Waals surface area contributed by atoms with Crippen molar-refractivity contribution in [2.45, 2.75) is 50.7 Å². The highest BCUT2D eigenvalue weighted by Gasteiger charge is 2.31. The van der Waals surface area contributed by atoms with Gasteiger partial charge in [-0.1, -0.05) is 18.2 Å². The molecule has 1 atom stereocenters. The third kappa shape index (κ3) is 3.91. The van der Waals surface area contributed by atoms with E-state index in [0.29, 0.717) is 23.7 Å². The summed E-state index contributed by atoms with van der Waals surface area (Å²) in [6, 6.07) is 15.2. The Morgan fingerprint density at radius 2 is 1.79 bits per heavy atom. The summed E-state index contributed by atoms with van der Waals surface area (Å²) in [5.74, 6) is 0.685.